The summed E-state index contributed by atoms with van der Waals surface area (Å²) in [6.45, 7) is 6.32. The summed E-state index contributed by atoms with van der Waals surface area (Å²) in [6.07, 6.45) is 2.68. The topological polar surface area (TPSA) is 70.6 Å². The average Bonchev–Trinajstić information content (AvgIpc) is 3.39. The molecule has 0 spiro atoms. The molecule has 0 atom stereocenters. The molecule has 5 rings (SSSR count). The number of rotatable bonds is 4. The molecular formula is C24H25N5O2. The van der Waals surface area contributed by atoms with Gasteiger partial charge in [-0.25, -0.2) is 9.78 Å². The van der Waals surface area contributed by atoms with E-state index in [2.05, 4.69) is 35.3 Å². The van der Waals surface area contributed by atoms with E-state index in [0.717, 1.165) is 58.4 Å². The third kappa shape index (κ3) is 3.36. The molecule has 2 aliphatic rings. The Kier molecular flexibility index (Phi) is 4.73. The molecule has 0 unspecified atom stereocenters. The van der Waals surface area contributed by atoms with Crippen molar-refractivity contribution in [2.75, 3.05) is 36.5 Å². The SMILES string of the molecule is COc1ccc(N2CCc3c(-c4ccc(N5CCNC5=O)cn4)cc(C)nc32)c(C)c1. The van der Waals surface area contributed by atoms with Crippen LogP contribution in [0.15, 0.2) is 42.6 Å². The van der Waals surface area contributed by atoms with E-state index in [1.54, 1.807) is 18.2 Å². The van der Waals surface area contributed by atoms with Gasteiger partial charge in [0, 0.05) is 42.1 Å². The molecule has 0 bridgehead atoms. The Labute approximate surface area is 181 Å². The van der Waals surface area contributed by atoms with Gasteiger partial charge in [0.05, 0.1) is 24.7 Å². The van der Waals surface area contributed by atoms with E-state index in [-0.39, 0.29) is 6.03 Å². The molecule has 0 aliphatic carbocycles. The molecule has 0 saturated carbocycles. The minimum atomic E-state index is -0.0688. The molecule has 2 amide bonds. The van der Waals surface area contributed by atoms with Crippen LogP contribution >= 0.6 is 0 Å². The summed E-state index contributed by atoms with van der Waals surface area (Å²) >= 11 is 0. The number of urea groups is 1. The van der Waals surface area contributed by atoms with Crippen LogP contribution in [0.5, 0.6) is 5.75 Å². The molecule has 158 valence electrons. The van der Waals surface area contributed by atoms with Gasteiger partial charge < -0.3 is 15.0 Å². The molecule has 4 heterocycles. The maximum atomic E-state index is 11.9. The molecule has 1 fully saturated rings. The predicted octanol–water partition coefficient (Wildman–Crippen LogP) is 3.99. The number of anilines is 3. The summed E-state index contributed by atoms with van der Waals surface area (Å²) in [5.74, 6) is 1.85. The smallest absolute Gasteiger partial charge is 0.322 e. The van der Waals surface area contributed by atoms with Crippen molar-refractivity contribution >= 4 is 23.2 Å². The van der Waals surface area contributed by atoms with Gasteiger partial charge in [-0.3, -0.25) is 9.88 Å². The van der Waals surface area contributed by atoms with Gasteiger partial charge in [0.2, 0.25) is 0 Å². The lowest BCUT2D eigenvalue weighted by Gasteiger charge is -2.22. The Morgan fingerprint density at radius 1 is 1.06 bits per heavy atom. The van der Waals surface area contributed by atoms with Crippen LogP contribution in [-0.4, -0.2) is 42.7 Å². The molecule has 1 saturated heterocycles. The van der Waals surface area contributed by atoms with Crippen molar-refractivity contribution in [3.05, 3.63) is 59.4 Å². The number of nitrogens with one attached hydrogen (secondary N) is 1. The molecule has 0 radical (unpaired) electrons. The van der Waals surface area contributed by atoms with Crippen molar-refractivity contribution in [3.8, 4) is 17.0 Å². The first-order valence-corrected chi connectivity index (χ1v) is 10.5. The molecule has 1 N–H and O–H groups in total. The van der Waals surface area contributed by atoms with Gasteiger partial charge in [0.25, 0.3) is 0 Å². The number of amides is 2. The Morgan fingerprint density at radius 2 is 1.94 bits per heavy atom. The highest BCUT2D eigenvalue weighted by atomic mass is 16.5. The summed E-state index contributed by atoms with van der Waals surface area (Å²) in [6, 6.07) is 12.1. The first-order chi connectivity index (χ1) is 15.0. The summed E-state index contributed by atoms with van der Waals surface area (Å²) in [4.78, 5) is 25.5. The van der Waals surface area contributed by atoms with Crippen molar-refractivity contribution in [2.24, 2.45) is 0 Å². The zero-order valence-electron chi connectivity index (χ0n) is 18.0. The fourth-order valence-corrected chi connectivity index (χ4v) is 4.43. The zero-order valence-corrected chi connectivity index (χ0v) is 18.0. The summed E-state index contributed by atoms with van der Waals surface area (Å²) < 4.78 is 5.36. The Bertz CT molecular complexity index is 1160. The van der Waals surface area contributed by atoms with E-state index >= 15 is 0 Å². The highest BCUT2D eigenvalue weighted by molar-refractivity contribution is 5.94. The lowest BCUT2D eigenvalue weighted by molar-refractivity contribution is 0.252. The lowest BCUT2D eigenvalue weighted by atomic mass is 10.0. The van der Waals surface area contributed by atoms with Crippen molar-refractivity contribution in [3.63, 3.8) is 0 Å². The van der Waals surface area contributed by atoms with E-state index in [0.29, 0.717) is 13.1 Å². The molecule has 3 aromatic rings. The monoisotopic (exact) mass is 415 g/mol. The van der Waals surface area contributed by atoms with Crippen LogP contribution in [0.2, 0.25) is 0 Å². The van der Waals surface area contributed by atoms with Gasteiger partial charge in [-0.15, -0.1) is 0 Å². The summed E-state index contributed by atoms with van der Waals surface area (Å²) in [5.41, 5.74) is 7.29. The van der Waals surface area contributed by atoms with Crippen molar-refractivity contribution in [1.29, 1.82) is 0 Å². The van der Waals surface area contributed by atoms with Gasteiger partial charge in [-0.05, 0) is 62.2 Å². The van der Waals surface area contributed by atoms with Crippen LogP contribution in [0.3, 0.4) is 0 Å². The van der Waals surface area contributed by atoms with E-state index in [1.807, 2.05) is 25.1 Å². The number of hydrogen-bond donors (Lipinski definition) is 1. The number of hydrogen-bond acceptors (Lipinski definition) is 5. The second-order valence-electron chi connectivity index (χ2n) is 7.95. The fourth-order valence-electron chi connectivity index (χ4n) is 4.43. The van der Waals surface area contributed by atoms with Crippen LogP contribution < -0.4 is 19.9 Å². The van der Waals surface area contributed by atoms with Crippen LogP contribution in [0.4, 0.5) is 22.0 Å². The largest absolute Gasteiger partial charge is 0.497 e. The highest BCUT2D eigenvalue weighted by Crippen LogP contribution is 2.40. The Morgan fingerprint density at radius 3 is 2.61 bits per heavy atom. The van der Waals surface area contributed by atoms with Crippen LogP contribution in [0, 0.1) is 13.8 Å². The van der Waals surface area contributed by atoms with E-state index in [9.17, 15) is 4.79 Å². The number of carbonyl (C=O) groups is 1. The molecular weight excluding hydrogens is 390 g/mol. The molecule has 1 aromatic carbocycles. The third-order valence-corrected chi connectivity index (χ3v) is 5.96. The van der Waals surface area contributed by atoms with Gasteiger partial charge in [0.15, 0.2) is 0 Å². The third-order valence-electron chi connectivity index (χ3n) is 5.96. The molecule has 7 nitrogen and oxygen atoms in total. The van der Waals surface area contributed by atoms with E-state index < -0.39 is 0 Å². The predicted molar refractivity (Wildman–Crippen MR) is 121 cm³/mol. The maximum absolute atomic E-state index is 11.9. The van der Waals surface area contributed by atoms with E-state index in [4.69, 9.17) is 14.7 Å². The minimum Gasteiger partial charge on any atom is -0.497 e. The average molecular weight is 415 g/mol. The van der Waals surface area contributed by atoms with Crippen molar-refractivity contribution < 1.29 is 9.53 Å². The van der Waals surface area contributed by atoms with Crippen LogP contribution in [0.1, 0.15) is 16.8 Å². The highest BCUT2D eigenvalue weighted by Gasteiger charge is 2.27. The maximum Gasteiger partial charge on any atom is 0.322 e. The molecule has 7 heteroatoms. The Balaban J connectivity index is 1.51. The number of nitrogens with zero attached hydrogens (tertiary/aromatic N) is 4. The molecule has 31 heavy (non-hydrogen) atoms. The zero-order chi connectivity index (χ0) is 21.5. The number of ether oxygens (including phenoxy) is 1. The van der Waals surface area contributed by atoms with Gasteiger partial charge in [0.1, 0.15) is 11.6 Å². The molecule has 2 aliphatic heterocycles. The number of methoxy groups -OCH3 is 1. The lowest BCUT2D eigenvalue weighted by Crippen LogP contribution is -2.27. The van der Waals surface area contributed by atoms with Crippen LogP contribution in [0.25, 0.3) is 11.3 Å². The summed E-state index contributed by atoms with van der Waals surface area (Å²) in [5, 5.41) is 2.83. The van der Waals surface area contributed by atoms with E-state index in [1.165, 1.54) is 5.56 Å². The first kappa shape index (κ1) is 19.4. The Hall–Kier alpha value is -3.61. The number of aromatic nitrogens is 2. The standard InChI is InChI=1S/C24H25N5O2/c1-15-12-18(31-3)5-7-22(15)29-10-8-19-20(13-16(2)27-23(19)29)21-6-4-17(14-26-21)28-11-9-25-24(28)30/h4-7,12-14H,8-11H2,1-3H3,(H,25,30). The van der Waals surface area contributed by atoms with Gasteiger partial charge in [-0.1, -0.05) is 0 Å². The quantitative estimate of drug-likeness (QED) is 0.698. The van der Waals surface area contributed by atoms with Gasteiger partial charge >= 0.3 is 6.03 Å². The first-order valence-electron chi connectivity index (χ1n) is 10.5. The number of pyridine rings is 2. The fraction of sp³-hybridized carbons (Fsp3) is 0.292. The normalized spacial score (nSPS) is 15.3. The van der Waals surface area contributed by atoms with Gasteiger partial charge in [-0.2, -0.15) is 0 Å². The minimum absolute atomic E-state index is 0.0688. The second kappa shape index (κ2) is 7.58. The number of carbonyl (C=O) groups excluding carboxylic acids is 1. The second-order valence-corrected chi connectivity index (χ2v) is 7.95. The van der Waals surface area contributed by atoms with Crippen LogP contribution in [-0.2, 0) is 6.42 Å². The number of fused-ring (bicyclic) bond motifs is 1. The van der Waals surface area contributed by atoms with Crippen molar-refractivity contribution in [2.45, 2.75) is 20.3 Å². The molecule has 2 aromatic heterocycles. The number of benzene rings is 1. The summed E-state index contributed by atoms with van der Waals surface area (Å²) in [7, 11) is 1.69. The number of aryl methyl sites for hydroxylation is 2. The van der Waals surface area contributed by atoms with Crippen molar-refractivity contribution in [1.82, 2.24) is 15.3 Å².